The van der Waals surface area contributed by atoms with Crippen molar-refractivity contribution in [1.29, 1.82) is 0 Å². The van der Waals surface area contributed by atoms with Gasteiger partial charge in [-0.2, -0.15) is 0 Å². The van der Waals surface area contributed by atoms with Crippen LogP contribution in [0.25, 0.3) is 0 Å². The number of aryl methyl sites for hydroxylation is 1. The van der Waals surface area contributed by atoms with Crippen LogP contribution in [0.5, 0.6) is 0 Å². The molecule has 3 N–H and O–H groups in total. The first-order valence-electron chi connectivity index (χ1n) is 6.01. The summed E-state index contributed by atoms with van der Waals surface area (Å²) in [4.78, 5) is 24.6. The molecule has 21 heavy (non-hydrogen) atoms. The molecule has 1 fully saturated rings. The summed E-state index contributed by atoms with van der Waals surface area (Å²) >= 11 is 2.51. The quantitative estimate of drug-likeness (QED) is 0.522. The van der Waals surface area contributed by atoms with E-state index in [1.165, 1.54) is 33.1 Å². The number of nitrogens with two attached hydrogens (primary N) is 1. The molecule has 3 heterocycles. The van der Waals surface area contributed by atoms with Gasteiger partial charge in [0.1, 0.15) is 16.7 Å². The summed E-state index contributed by atoms with van der Waals surface area (Å²) in [5.74, 6) is -0.725. The Kier molecular flexibility index (Phi) is 3.63. The number of carboxylic acids is 1. The molecule has 0 radical (unpaired) electrons. The smallest absolute Gasteiger partial charge is 0.321 e. The van der Waals surface area contributed by atoms with Crippen LogP contribution in [0.3, 0.4) is 0 Å². The summed E-state index contributed by atoms with van der Waals surface area (Å²) in [5, 5.41) is 20.0. The number of thioether (sulfide) groups is 2. The fraction of sp³-hybridized carbons (Fsp3) is 0.500. The minimum absolute atomic E-state index is 0.181. The van der Waals surface area contributed by atoms with Gasteiger partial charge in [-0.15, -0.1) is 16.9 Å². The SMILES string of the molecule is Cn1nnnc1SCC1=CN2C(=O)[C@@H](N)[C@H]2SC1C(=O)O. The van der Waals surface area contributed by atoms with E-state index in [9.17, 15) is 14.7 Å². The van der Waals surface area contributed by atoms with Gasteiger partial charge in [-0.3, -0.25) is 9.59 Å². The average Bonchev–Trinajstić information content (AvgIpc) is 2.88. The summed E-state index contributed by atoms with van der Waals surface area (Å²) in [6.07, 6.45) is 1.60. The van der Waals surface area contributed by atoms with E-state index in [0.29, 0.717) is 16.5 Å². The molecule has 2 aliphatic rings. The predicted octanol–water partition coefficient (Wildman–Crippen LogP) is -1.12. The Morgan fingerprint density at radius 2 is 2.38 bits per heavy atom. The lowest BCUT2D eigenvalue weighted by atomic mass is 10.1. The number of hydrogen-bond donors (Lipinski definition) is 2. The van der Waals surface area contributed by atoms with Crippen LogP contribution in [0.2, 0.25) is 0 Å². The number of hydrogen-bond acceptors (Lipinski definition) is 8. The predicted molar refractivity (Wildman–Crippen MR) is 75.2 cm³/mol. The lowest BCUT2D eigenvalue weighted by Gasteiger charge is -2.47. The second kappa shape index (κ2) is 5.31. The van der Waals surface area contributed by atoms with E-state index in [2.05, 4.69) is 15.5 Å². The third kappa shape index (κ3) is 2.40. The lowest BCUT2D eigenvalue weighted by molar-refractivity contribution is -0.141. The Morgan fingerprint density at radius 3 is 3.00 bits per heavy atom. The highest BCUT2D eigenvalue weighted by molar-refractivity contribution is 8.02. The Hall–Kier alpha value is -1.59. The van der Waals surface area contributed by atoms with Crippen molar-refractivity contribution in [2.24, 2.45) is 12.8 Å². The number of β-lactam (4-membered cyclic amide) rings is 1. The number of amides is 1. The molecule has 1 unspecified atom stereocenters. The van der Waals surface area contributed by atoms with Crippen LogP contribution in [0, 0.1) is 0 Å². The van der Waals surface area contributed by atoms with Gasteiger partial charge in [-0.25, -0.2) is 4.68 Å². The van der Waals surface area contributed by atoms with E-state index in [1.807, 2.05) is 0 Å². The molecule has 2 aliphatic heterocycles. The molecular formula is C10H12N6O3S2. The molecule has 1 amide bonds. The molecular weight excluding hydrogens is 316 g/mol. The molecule has 11 heteroatoms. The van der Waals surface area contributed by atoms with Gasteiger partial charge in [0.2, 0.25) is 11.1 Å². The van der Waals surface area contributed by atoms with E-state index in [4.69, 9.17) is 5.73 Å². The maximum absolute atomic E-state index is 11.7. The zero-order chi connectivity index (χ0) is 15.1. The summed E-state index contributed by atoms with van der Waals surface area (Å²) in [6, 6.07) is -0.620. The highest BCUT2D eigenvalue weighted by atomic mass is 32.2. The Morgan fingerprint density at radius 1 is 1.62 bits per heavy atom. The van der Waals surface area contributed by atoms with Gasteiger partial charge in [0.25, 0.3) is 0 Å². The average molecular weight is 328 g/mol. The van der Waals surface area contributed by atoms with E-state index in [1.54, 1.807) is 13.2 Å². The van der Waals surface area contributed by atoms with E-state index in [-0.39, 0.29) is 11.3 Å². The molecule has 3 atom stereocenters. The first-order chi connectivity index (χ1) is 9.99. The highest BCUT2D eigenvalue weighted by Gasteiger charge is 2.50. The van der Waals surface area contributed by atoms with E-state index in [0.717, 1.165) is 0 Å². The largest absolute Gasteiger partial charge is 0.480 e. The van der Waals surface area contributed by atoms with Crippen LogP contribution in [0.15, 0.2) is 16.9 Å². The number of tetrazole rings is 1. The summed E-state index contributed by atoms with van der Waals surface area (Å²) in [6.45, 7) is 0. The highest BCUT2D eigenvalue weighted by Crippen LogP contribution is 2.41. The van der Waals surface area contributed by atoms with E-state index >= 15 is 0 Å². The van der Waals surface area contributed by atoms with Gasteiger partial charge in [0.05, 0.1) is 0 Å². The van der Waals surface area contributed by atoms with Crippen LogP contribution < -0.4 is 5.73 Å². The Balaban J connectivity index is 1.77. The number of fused-ring (bicyclic) bond motifs is 1. The van der Waals surface area contributed by atoms with Gasteiger partial charge >= 0.3 is 5.97 Å². The number of carbonyl (C=O) groups is 2. The van der Waals surface area contributed by atoms with Crippen molar-refractivity contribution < 1.29 is 14.7 Å². The van der Waals surface area contributed by atoms with Crippen molar-refractivity contribution in [3.05, 3.63) is 11.8 Å². The van der Waals surface area contributed by atoms with Crippen LogP contribution in [-0.2, 0) is 16.6 Å². The minimum Gasteiger partial charge on any atom is -0.480 e. The van der Waals surface area contributed by atoms with Crippen LogP contribution in [-0.4, -0.2) is 64.5 Å². The topological polar surface area (TPSA) is 127 Å². The molecule has 1 aromatic rings. The number of rotatable bonds is 4. The van der Waals surface area contributed by atoms with Gasteiger partial charge in [0.15, 0.2) is 0 Å². The van der Waals surface area contributed by atoms with Crippen LogP contribution >= 0.6 is 23.5 Å². The molecule has 1 saturated heterocycles. The molecule has 1 aromatic heterocycles. The van der Waals surface area contributed by atoms with E-state index < -0.39 is 17.3 Å². The van der Waals surface area contributed by atoms with Crippen molar-refractivity contribution in [1.82, 2.24) is 25.1 Å². The summed E-state index contributed by atoms with van der Waals surface area (Å²) in [5.41, 5.74) is 6.32. The lowest BCUT2D eigenvalue weighted by Crippen LogP contribution is -2.67. The number of aromatic nitrogens is 4. The number of carboxylic acid groups (broad SMARTS) is 1. The third-order valence-electron chi connectivity index (χ3n) is 3.21. The molecule has 0 aliphatic carbocycles. The van der Waals surface area contributed by atoms with Gasteiger partial charge in [0, 0.05) is 19.0 Å². The summed E-state index contributed by atoms with van der Waals surface area (Å²) < 4.78 is 1.50. The second-order valence-corrected chi connectivity index (χ2v) is 6.76. The molecule has 112 valence electrons. The molecule has 0 spiro atoms. The van der Waals surface area contributed by atoms with Gasteiger partial charge in [-0.05, 0) is 16.0 Å². The van der Waals surface area contributed by atoms with Crippen LogP contribution in [0.1, 0.15) is 0 Å². The normalized spacial score (nSPS) is 27.9. The Labute approximate surface area is 127 Å². The maximum atomic E-state index is 11.7. The number of nitrogens with zero attached hydrogens (tertiary/aromatic N) is 5. The monoisotopic (exact) mass is 328 g/mol. The standard InChI is InChI=1S/C10H12N6O3S2/c1-15-10(12-13-14-15)20-3-4-2-16-7(17)5(11)8(16)21-6(4)9(18)19/h2,5-6,8H,3,11H2,1H3,(H,18,19)/t5-,6?,8-/m1/s1. The molecule has 3 rings (SSSR count). The zero-order valence-corrected chi connectivity index (χ0v) is 12.5. The molecule has 0 saturated carbocycles. The number of aliphatic carboxylic acids is 1. The molecule has 0 bridgehead atoms. The third-order valence-corrected chi connectivity index (χ3v) is 5.87. The first-order valence-corrected chi connectivity index (χ1v) is 7.93. The van der Waals surface area contributed by atoms with Crippen molar-refractivity contribution in [3.8, 4) is 0 Å². The van der Waals surface area contributed by atoms with Gasteiger partial charge < -0.3 is 15.7 Å². The fourth-order valence-electron chi connectivity index (χ4n) is 2.09. The zero-order valence-electron chi connectivity index (χ0n) is 10.9. The first kappa shape index (κ1) is 14.4. The fourth-order valence-corrected chi connectivity index (χ4v) is 4.35. The van der Waals surface area contributed by atoms with Gasteiger partial charge in [-0.1, -0.05) is 11.8 Å². The minimum atomic E-state index is -0.936. The van der Waals surface area contributed by atoms with Crippen molar-refractivity contribution in [2.75, 3.05) is 5.75 Å². The van der Waals surface area contributed by atoms with Crippen molar-refractivity contribution in [3.63, 3.8) is 0 Å². The maximum Gasteiger partial charge on any atom is 0.321 e. The number of carbonyl (C=O) groups excluding carboxylic acids is 1. The second-order valence-electron chi connectivity index (χ2n) is 4.59. The molecule has 9 nitrogen and oxygen atoms in total. The Bertz CT molecular complexity index is 632. The summed E-state index contributed by atoms with van der Waals surface area (Å²) in [7, 11) is 1.70. The molecule has 0 aromatic carbocycles. The van der Waals surface area contributed by atoms with Crippen molar-refractivity contribution in [2.45, 2.75) is 21.8 Å². The van der Waals surface area contributed by atoms with Crippen molar-refractivity contribution >= 4 is 35.4 Å². The van der Waals surface area contributed by atoms with Crippen LogP contribution in [0.4, 0.5) is 0 Å².